The molecule has 0 aliphatic carbocycles. The highest BCUT2D eigenvalue weighted by Crippen LogP contribution is 2.42. The lowest BCUT2D eigenvalue weighted by Crippen LogP contribution is -2.29. The third-order valence-corrected chi connectivity index (χ3v) is 5.88. The molecule has 7 heteroatoms. The van der Waals surface area contributed by atoms with Gasteiger partial charge in [-0.25, -0.2) is 0 Å². The Hall–Kier alpha value is -4.39. The Morgan fingerprint density at radius 3 is 2.56 bits per heavy atom. The molecule has 36 heavy (non-hydrogen) atoms. The number of nitrogens with zero attached hydrogens (tertiary/aromatic N) is 2. The predicted octanol–water partition coefficient (Wildman–Crippen LogP) is 4.98. The van der Waals surface area contributed by atoms with E-state index >= 15 is 0 Å². The monoisotopic (exact) mass is 484 g/mol. The number of likely N-dealkylation sites (tertiary alicyclic amines) is 1. The molecule has 2 heterocycles. The SMILES string of the molecule is C=CCOc1ccc(C2C(=C(O)c3ccc(C)cc3)C(=O)C(=O)N2Cc2cccnc2)cc1OCC. The Kier molecular flexibility index (Phi) is 7.49. The van der Waals surface area contributed by atoms with Gasteiger partial charge in [-0.3, -0.25) is 14.6 Å². The Morgan fingerprint density at radius 2 is 1.89 bits per heavy atom. The van der Waals surface area contributed by atoms with E-state index < -0.39 is 17.7 Å². The second kappa shape index (κ2) is 10.9. The molecule has 1 atom stereocenters. The van der Waals surface area contributed by atoms with Gasteiger partial charge in [-0.05, 0) is 43.2 Å². The standard InChI is InChI=1S/C29H28N2O5/c1-4-15-36-23-13-12-22(16-24(23)35-5-2)26-25(27(32)21-10-8-19(3)9-11-21)28(33)29(34)31(26)18-20-7-6-14-30-17-20/h4,6-14,16-17,26,32H,1,5,15,18H2,2-3H3. The van der Waals surface area contributed by atoms with Gasteiger partial charge in [-0.2, -0.15) is 0 Å². The van der Waals surface area contributed by atoms with E-state index in [-0.39, 0.29) is 17.9 Å². The fourth-order valence-electron chi connectivity index (χ4n) is 4.18. The van der Waals surface area contributed by atoms with Gasteiger partial charge in [0.2, 0.25) is 0 Å². The summed E-state index contributed by atoms with van der Waals surface area (Å²) in [6.07, 6.45) is 4.92. The van der Waals surface area contributed by atoms with Gasteiger partial charge in [-0.1, -0.05) is 54.6 Å². The largest absolute Gasteiger partial charge is 0.507 e. The van der Waals surface area contributed by atoms with Crippen molar-refractivity contribution in [3.63, 3.8) is 0 Å². The van der Waals surface area contributed by atoms with Gasteiger partial charge in [0, 0.05) is 24.5 Å². The normalized spacial score (nSPS) is 16.7. The van der Waals surface area contributed by atoms with Crippen LogP contribution in [0.5, 0.6) is 11.5 Å². The molecule has 0 radical (unpaired) electrons. The number of benzene rings is 2. The number of aliphatic hydroxyl groups is 1. The summed E-state index contributed by atoms with van der Waals surface area (Å²) in [5.41, 5.74) is 2.87. The van der Waals surface area contributed by atoms with Crippen LogP contribution in [0.2, 0.25) is 0 Å². The van der Waals surface area contributed by atoms with Crippen molar-refractivity contribution in [3.05, 3.63) is 107 Å². The summed E-state index contributed by atoms with van der Waals surface area (Å²) in [6, 6.07) is 15.2. The van der Waals surface area contributed by atoms with Gasteiger partial charge in [0.25, 0.3) is 11.7 Å². The summed E-state index contributed by atoms with van der Waals surface area (Å²) >= 11 is 0. The molecule has 1 amide bonds. The fraction of sp³-hybridized carbons (Fsp3) is 0.207. The first-order valence-corrected chi connectivity index (χ1v) is 11.7. The van der Waals surface area contributed by atoms with Crippen molar-refractivity contribution in [2.45, 2.75) is 26.4 Å². The first-order valence-electron chi connectivity index (χ1n) is 11.7. The van der Waals surface area contributed by atoms with Gasteiger partial charge in [0.15, 0.2) is 11.5 Å². The lowest BCUT2D eigenvalue weighted by Gasteiger charge is -2.26. The van der Waals surface area contributed by atoms with Crippen LogP contribution in [0.3, 0.4) is 0 Å². The maximum atomic E-state index is 13.3. The Morgan fingerprint density at radius 1 is 1.11 bits per heavy atom. The Bertz CT molecular complexity index is 1300. The molecule has 1 N–H and O–H groups in total. The van der Waals surface area contributed by atoms with Crippen LogP contribution >= 0.6 is 0 Å². The van der Waals surface area contributed by atoms with Crippen LogP contribution in [0.15, 0.2) is 85.2 Å². The summed E-state index contributed by atoms with van der Waals surface area (Å²) in [5.74, 6) is -0.672. The zero-order valence-corrected chi connectivity index (χ0v) is 20.3. The number of aryl methyl sites for hydroxylation is 1. The molecule has 0 bridgehead atoms. The van der Waals surface area contributed by atoms with Crippen molar-refractivity contribution >= 4 is 17.4 Å². The molecule has 1 aromatic heterocycles. The van der Waals surface area contributed by atoms with Crippen LogP contribution in [0.1, 0.15) is 35.2 Å². The number of Topliss-reactive ketones (excluding diaryl/α,β-unsaturated/α-hetero) is 1. The molecule has 7 nitrogen and oxygen atoms in total. The highest BCUT2D eigenvalue weighted by atomic mass is 16.5. The lowest BCUT2D eigenvalue weighted by atomic mass is 9.94. The number of hydrogen-bond acceptors (Lipinski definition) is 6. The second-order valence-corrected chi connectivity index (χ2v) is 8.39. The molecule has 1 saturated heterocycles. The molecule has 1 aliphatic rings. The van der Waals surface area contributed by atoms with Gasteiger partial charge < -0.3 is 19.5 Å². The zero-order valence-electron chi connectivity index (χ0n) is 20.3. The van der Waals surface area contributed by atoms with E-state index in [0.717, 1.165) is 11.1 Å². The van der Waals surface area contributed by atoms with E-state index in [1.54, 1.807) is 54.9 Å². The minimum Gasteiger partial charge on any atom is -0.507 e. The van der Waals surface area contributed by atoms with Crippen molar-refractivity contribution in [2.75, 3.05) is 13.2 Å². The fourth-order valence-corrected chi connectivity index (χ4v) is 4.18. The summed E-state index contributed by atoms with van der Waals surface area (Å²) in [4.78, 5) is 32.1. The number of amides is 1. The average Bonchev–Trinajstić information content (AvgIpc) is 3.13. The van der Waals surface area contributed by atoms with Crippen molar-refractivity contribution < 1.29 is 24.2 Å². The van der Waals surface area contributed by atoms with Crippen LogP contribution in [0, 0.1) is 6.92 Å². The van der Waals surface area contributed by atoms with Crippen molar-refractivity contribution in [1.82, 2.24) is 9.88 Å². The molecule has 1 fully saturated rings. The number of ether oxygens (including phenoxy) is 2. The molecule has 1 aliphatic heterocycles. The summed E-state index contributed by atoms with van der Waals surface area (Å²) in [7, 11) is 0. The number of ketones is 1. The van der Waals surface area contributed by atoms with Crippen LogP contribution < -0.4 is 9.47 Å². The van der Waals surface area contributed by atoms with Crippen molar-refractivity contribution in [2.24, 2.45) is 0 Å². The number of hydrogen-bond donors (Lipinski definition) is 1. The zero-order chi connectivity index (χ0) is 25.7. The van der Waals surface area contributed by atoms with E-state index in [0.29, 0.717) is 35.8 Å². The van der Waals surface area contributed by atoms with Gasteiger partial charge in [0.05, 0.1) is 18.2 Å². The molecule has 1 unspecified atom stereocenters. The van der Waals surface area contributed by atoms with Crippen molar-refractivity contribution in [3.8, 4) is 11.5 Å². The number of carbonyl (C=O) groups is 2. The lowest BCUT2D eigenvalue weighted by molar-refractivity contribution is -0.140. The maximum Gasteiger partial charge on any atom is 0.295 e. The highest BCUT2D eigenvalue weighted by Gasteiger charge is 2.46. The number of rotatable bonds is 9. The minimum atomic E-state index is -0.834. The third-order valence-electron chi connectivity index (χ3n) is 5.88. The van der Waals surface area contributed by atoms with Crippen LogP contribution in [-0.2, 0) is 16.1 Å². The van der Waals surface area contributed by atoms with Crippen LogP contribution in [-0.4, -0.2) is 39.9 Å². The molecule has 184 valence electrons. The topological polar surface area (TPSA) is 89.0 Å². The smallest absolute Gasteiger partial charge is 0.295 e. The average molecular weight is 485 g/mol. The molecule has 0 saturated carbocycles. The number of pyridine rings is 1. The molecular formula is C29H28N2O5. The first-order chi connectivity index (χ1) is 17.4. The number of carbonyl (C=O) groups excluding carboxylic acids is 2. The summed E-state index contributed by atoms with van der Waals surface area (Å²) in [6.45, 7) is 8.30. The predicted molar refractivity (Wildman–Crippen MR) is 137 cm³/mol. The number of aromatic nitrogens is 1. The van der Waals surface area contributed by atoms with E-state index in [9.17, 15) is 14.7 Å². The summed E-state index contributed by atoms with van der Waals surface area (Å²) < 4.78 is 11.5. The van der Waals surface area contributed by atoms with E-state index in [4.69, 9.17) is 9.47 Å². The maximum absolute atomic E-state index is 13.3. The number of aliphatic hydroxyl groups excluding tert-OH is 1. The van der Waals surface area contributed by atoms with Gasteiger partial charge in [-0.15, -0.1) is 0 Å². The first kappa shape index (κ1) is 24.7. The minimum absolute atomic E-state index is 0.0231. The third kappa shape index (κ3) is 5.00. The quantitative estimate of drug-likeness (QED) is 0.200. The Balaban J connectivity index is 1.87. The van der Waals surface area contributed by atoms with Gasteiger partial charge >= 0.3 is 0 Å². The van der Waals surface area contributed by atoms with Crippen molar-refractivity contribution in [1.29, 1.82) is 0 Å². The summed E-state index contributed by atoms with van der Waals surface area (Å²) in [5, 5.41) is 11.3. The molecule has 4 rings (SSSR count). The van der Waals surface area contributed by atoms with E-state index in [1.165, 1.54) is 4.90 Å². The Labute approximate surface area is 210 Å². The molecule has 0 spiro atoms. The van der Waals surface area contributed by atoms with Gasteiger partial charge in [0.1, 0.15) is 12.4 Å². The molecule has 2 aromatic carbocycles. The van der Waals surface area contributed by atoms with Crippen LogP contribution in [0.25, 0.3) is 5.76 Å². The van der Waals surface area contributed by atoms with E-state index in [1.807, 2.05) is 32.0 Å². The molecule has 3 aromatic rings. The van der Waals surface area contributed by atoms with E-state index in [2.05, 4.69) is 11.6 Å². The second-order valence-electron chi connectivity index (χ2n) is 8.39. The highest BCUT2D eigenvalue weighted by molar-refractivity contribution is 6.46. The van der Waals surface area contributed by atoms with Crippen LogP contribution in [0.4, 0.5) is 0 Å². The molecular weight excluding hydrogens is 456 g/mol.